The maximum atomic E-state index is 12.1. The monoisotopic (exact) mass is 348 g/mol. The molecular formula is C18H28N4OS. The predicted molar refractivity (Wildman–Crippen MR) is 104 cm³/mol. The van der Waals surface area contributed by atoms with Crippen molar-refractivity contribution in [2.75, 3.05) is 37.2 Å². The number of para-hydroxylation sites is 1. The van der Waals surface area contributed by atoms with Gasteiger partial charge < -0.3 is 15.5 Å². The highest BCUT2D eigenvalue weighted by Crippen LogP contribution is 2.24. The van der Waals surface area contributed by atoms with Gasteiger partial charge in [0.15, 0.2) is 5.96 Å². The van der Waals surface area contributed by atoms with E-state index in [2.05, 4.69) is 41.3 Å². The molecule has 1 aromatic carbocycles. The highest BCUT2D eigenvalue weighted by Gasteiger charge is 2.24. The minimum atomic E-state index is -0.0941. The summed E-state index contributed by atoms with van der Waals surface area (Å²) in [6.45, 7) is 9.46. The second kappa shape index (κ2) is 9.57. The molecule has 0 aromatic heterocycles. The molecule has 1 aromatic rings. The van der Waals surface area contributed by atoms with Crippen LogP contribution in [0.2, 0.25) is 0 Å². The van der Waals surface area contributed by atoms with Gasteiger partial charge in [0.2, 0.25) is 5.91 Å². The molecule has 0 radical (unpaired) electrons. The fraction of sp³-hybridized carbons (Fsp3) is 0.556. The number of guanidine groups is 1. The summed E-state index contributed by atoms with van der Waals surface area (Å²) in [5, 5.41) is 6.80. The van der Waals surface area contributed by atoms with Gasteiger partial charge in [-0.15, -0.1) is 0 Å². The Morgan fingerprint density at radius 1 is 1.38 bits per heavy atom. The van der Waals surface area contributed by atoms with Gasteiger partial charge in [-0.3, -0.25) is 4.79 Å². The zero-order valence-electron chi connectivity index (χ0n) is 14.8. The molecule has 0 bridgehead atoms. The topological polar surface area (TPSA) is 56.7 Å². The van der Waals surface area contributed by atoms with Crippen molar-refractivity contribution in [2.45, 2.75) is 26.0 Å². The second-order valence-corrected chi connectivity index (χ2v) is 7.53. The molecule has 6 heteroatoms. The number of amides is 1. The second-order valence-electron chi connectivity index (χ2n) is 6.18. The Morgan fingerprint density at radius 2 is 2.12 bits per heavy atom. The van der Waals surface area contributed by atoms with E-state index >= 15 is 0 Å². The van der Waals surface area contributed by atoms with E-state index in [1.807, 2.05) is 42.1 Å². The van der Waals surface area contributed by atoms with E-state index in [1.165, 1.54) is 0 Å². The zero-order chi connectivity index (χ0) is 17.4. The lowest BCUT2D eigenvalue weighted by Crippen LogP contribution is -2.49. The molecule has 132 valence electrons. The molecule has 1 amide bonds. The van der Waals surface area contributed by atoms with E-state index in [1.54, 1.807) is 0 Å². The molecule has 1 fully saturated rings. The zero-order valence-corrected chi connectivity index (χ0v) is 15.6. The SMILES string of the molecule is CCNC(=NCC(=O)Nc1ccccc1)N1CCSC(C(C)C)C1. The van der Waals surface area contributed by atoms with Gasteiger partial charge in [0.1, 0.15) is 6.54 Å². The Bertz CT molecular complexity index is 547. The normalized spacial score (nSPS) is 18.6. The van der Waals surface area contributed by atoms with Crippen molar-refractivity contribution in [3.8, 4) is 0 Å². The van der Waals surface area contributed by atoms with Crippen LogP contribution in [0.3, 0.4) is 0 Å². The van der Waals surface area contributed by atoms with Crippen molar-refractivity contribution < 1.29 is 4.79 Å². The summed E-state index contributed by atoms with van der Waals surface area (Å²) in [7, 11) is 0. The quantitative estimate of drug-likeness (QED) is 0.634. The van der Waals surface area contributed by atoms with Crippen molar-refractivity contribution >= 4 is 29.3 Å². The lowest BCUT2D eigenvalue weighted by Gasteiger charge is -2.36. The number of rotatable bonds is 5. The van der Waals surface area contributed by atoms with Crippen LogP contribution in [0.25, 0.3) is 0 Å². The molecule has 24 heavy (non-hydrogen) atoms. The van der Waals surface area contributed by atoms with Gasteiger partial charge in [-0.2, -0.15) is 11.8 Å². The average molecular weight is 349 g/mol. The molecule has 1 unspecified atom stereocenters. The Kier molecular flexibility index (Phi) is 7.43. The van der Waals surface area contributed by atoms with Gasteiger partial charge in [-0.05, 0) is 25.0 Å². The number of hydrogen-bond acceptors (Lipinski definition) is 3. The van der Waals surface area contributed by atoms with Crippen LogP contribution < -0.4 is 10.6 Å². The molecule has 1 saturated heterocycles. The summed E-state index contributed by atoms with van der Waals surface area (Å²) in [6.07, 6.45) is 0. The van der Waals surface area contributed by atoms with Crippen molar-refractivity contribution in [1.29, 1.82) is 0 Å². The molecular weight excluding hydrogens is 320 g/mol. The third kappa shape index (κ3) is 5.74. The van der Waals surface area contributed by atoms with Crippen LogP contribution in [0.1, 0.15) is 20.8 Å². The van der Waals surface area contributed by atoms with Gasteiger partial charge in [-0.1, -0.05) is 32.0 Å². The van der Waals surface area contributed by atoms with Crippen LogP contribution in [0, 0.1) is 5.92 Å². The molecule has 2 N–H and O–H groups in total. The summed E-state index contributed by atoms with van der Waals surface area (Å²) in [4.78, 5) is 18.9. The first-order chi connectivity index (χ1) is 11.6. The fourth-order valence-electron chi connectivity index (χ4n) is 2.57. The predicted octanol–water partition coefficient (Wildman–Crippen LogP) is 2.66. The number of aliphatic imine (C=N–C) groups is 1. The number of nitrogens with zero attached hydrogens (tertiary/aromatic N) is 2. The third-order valence-corrected chi connectivity index (χ3v) is 5.44. The number of carbonyl (C=O) groups is 1. The highest BCUT2D eigenvalue weighted by molar-refractivity contribution is 8.00. The van der Waals surface area contributed by atoms with Gasteiger partial charge in [-0.25, -0.2) is 4.99 Å². The first-order valence-electron chi connectivity index (χ1n) is 8.60. The number of anilines is 1. The summed E-state index contributed by atoms with van der Waals surface area (Å²) in [6, 6.07) is 9.49. The Balaban J connectivity index is 1.95. The van der Waals surface area contributed by atoms with Crippen molar-refractivity contribution in [3.05, 3.63) is 30.3 Å². The van der Waals surface area contributed by atoms with Gasteiger partial charge in [0, 0.05) is 36.3 Å². The van der Waals surface area contributed by atoms with Crippen molar-refractivity contribution in [2.24, 2.45) is 10.9 Å². The maximum Gasteiger partial charge on any atom is 0.246 e. The van der Waals surface area contributed by atoms with E-state index in [0.717, 1.165) is 37.0 Å². The van der Waals surface area contributed by atoms with Crippen LogP contribution in [-0.4, -0.2) is 53.9 Å². The Labute approximate surface area is 149 Å². The summed E-state index contributed by atoms with van der Waals surface area (Å²) in [5.74, 6) is 2.49. The Morgan fingerprint density at radius 3 is 2.79 bits per heavy atom. The molecule has 1 heterocycles. The first kappa shape index (κ1) is 18.6. The van der Waals surface area contributed by atoms with Crippen LogP contribution in [0.5, 0.6) is 0 Å². The molecule has 1 aliphatic rings. The fourth-order valence-corrected chi connectivity index (χ4v) is 3.86. The van der Waals surface area contributed by atoms with Gasteiger partial charge in [0.25, 0.3) is 0 Å². The Hall–Kier alpha value is -1.69. The van der Waals surface area contributed by atoms with Crippen LogP contribution >= 0.6 is 11.8 Å². The molecule has 1 aliphatic heterocycles. The number of nitrogens with one attached hydrogen (secondary N) is 2. The summed E-state index contributed by atoms with van der Waals surface area (Å²) in [5.41, 5.74) is 0.803. The number of benzene rings is 1. The van der Waals surface area contributed by atoms with E-state index in [0.29, 0.717) is 11.2 Å². The van der Waals surface area contributed by atoms with Crippen LogP contribution in [-0.2, 0) is 4.79 Å². The van der Waals surface area contributed by atoms with Crippen LogP contribution in [0.4, 0.5) is 5.69 Å². The lowest BCUT2D eigenvalue weighted by molar-refractivity contribution is -0.114. The largest absolute Gasteiger partial charge is 0.357 e. The summed E-state index contributed by atoms with van der Waals surface area (Å²) >= 11 is 2.03. The van der Waals surface area contributed by atoms with Gasteiger partial charge in [0.05, 0.1) is 0 Å². The molecule has 0 spiro atoms. The van der Waals surface area contributed by atoms with E-state index in [9.17, 15) is 4.79 Å². The smallest absolute Gasteiger partial charge is 0.246 e. The standard InChI is InChI=1S/C18H28N4OS/c1-4-19-18(22-10-11-24-16(13-22)14(2)3)20-12-17(23)21-15-8-6-5-7-9-15/h5-9,14,16H,4,10-13H2,1-3H3,(H,19,20)(H,21,23). The van der Waals surface area contributed by atoms with E-state index in [-0.39, 0.29) is 12.5 Å². The van der Waals surface area contributed by atoms with E-state index in [4.69, 9.17) is 0 Å². The average Bonchev–Trinajstić information content (AvgIpc) is 2.59. The number of thioether (sulfide) groups is 1. The van der Waals surface area contributed by atoms with Crippen LogP contribution in [0.15, 0.2) is 35.3 Å². The molecule has 0 aliphatic carbocycles. The van der Waals surface area contributed by atoms with Gasteiger partial charge >= 0.3 is 0 Å². The highest BCUT2D eigenvalue weighted by atomic mass is 32.2. The number of hydrogen-bond donors (Lipinski definition) is 2. The van der Waals surface area contributed by atoms with Crippen molar-refractivity contribution in [1.82, 2.24) is 10.2 Å². The maximum absolute atomic E-state index is 12.1. The minimum absolute atomic E-state index is 0.0941. The van der Waals surface area contributed by atoms with Crippen molar-refractivity contribution in [3.63, 3.8) is 0 Å². The first-order valence-corrected chi connectivity index (χ1v) is 9.64. The third-order valence-electron chi connectivity index (χ3n) is 3.90. The molecule has 0 saturated carbocycles. The summed E-state index contributed by atoms with van der Waals surface area (Å²) < 4.78 is 0. The molecule has 5 nitrogen and oxygen atoms in total. The number of carbonyl (C=O) groups excluding carboxylic acids is 1. The molecule has 2 rings (SSSR count). The minimum Gasteiger partial charge on any atom is -0.357 e. The van der Waals surface area contributed by atoms with E-state index < -0.39 is 0 Å². The lowest BCUT2D eigenvalue weighted by atomic mass is 10.1. The molecule has 1 atom stereocenters.